The molecule has 2 fully saturated rings. The maximum atomic E-state index is 13.3. The molecule has 1 aliphatic carbocycles. The first-order valence-corrected chi connectivity index (χ1v) is 7.98. The Kier molecular flexibility index (Phi) is 4.89. The fraction of sp³-hybridized carbons (Fsp3) is 0.556. The highest BCUT2D eigenvalue weighted by Gasteiger charge is 2.32. The summed E-state index contributed by atoms with van der Waals surface area (Å²) in [6.45, 7) is 5.12. The van der Waals surface area contributed by atoms with Gasteiger partial charge in [-0.1, -0.05) is 12.1 Å². The lowest BCUT2D eigenvalue weighted by molar-refractivity contribution is -0.222. The standard InChI is InChI=1S/C18H22F2O2/c1-2-12-10-21-18(22-11-12)14-5-3-13(4-6-14)15-7-8-16(19)17(20)9-15/h2,7-9,12-14,18H,1,3-6,10-11H2/t12-,13-,14-,18-. The van der Waals surface area contributed by atoms with Crippen LogP contribution in [0.5, 0.6) is 0 Å². The Hall–Kier alpha value is -1.26. The molecule has 4 heteroatoms. The third-order valence-electron chi connectivity index (χ3n) is 4.85. The molecule has 0 aromatic heterocycles. The molecule has 1 saturated carbocycles. The Bertz CT molecular complexity index is 516. The average Bonchev–Trinajstić information content (AvgIpc) is 2.58. The molecular weight excluding hydrogens is 286 g/mol. The van der Waals surface area contributed by atoms with Crippen molar-refractivity contribution in [2.75, 3.05) is 13.2 Å². The second kappa shape index (κ2) is 6.88. The maximum Gasteiger partial charge on any atom is 0.160 e. The van der Waals surface area contributed by atoms with Gasteiger partial charge in [-0.3, -0.25) is 0 Å². The van der Waals surface area contributed by atoms with Crippen molar-refractivity contribution < 1.29 is 18.3 Å². The van der Waals surface area contributed by atoms with E-state index in [2.05, 4.69) is 6.58 Å². The topological polar surface area (TPSA) is 18.5 Å². The van der Waals surface area contributed by atoms with Gasteiger partial charge in [0.2, 0.25) is 0 Å². The minimum absolute atomic E-state index is 0.123. The number of hydrogen-bond acceptors (Lipinski definition) is 2. The molecule has 2 nitrogen and oxygen atoms in total. The number of rotatable bonds is 3. The van der Waals surface area contributed by atoms with Gasteiger partial charge in [0.1, 0.15) is 0 Å². The largest absolute Gasteiger partial charge is 0.352 e. The van der Waals surface area contributed by atoms with Crippen LogP contribution in [-0.4, -0.2) is 19.5 Å². The van der Waals surface area contributed by atoms with E-state index in [0.29, 0.717) is 25.0 Å². The maximum absolute atomic E-state index is 13.3. The van der Waals surface area contributed by atoms with Gasteiger partial charge in [0.25, 0.3) is 0 Å². The molecule has 1 aromatic rings. The summed E-state index contributed by atoms with van der Waals surface area (Å²) in [6.07, 6.45) is 5.66. The molecule has 0 amide bonds. The quantitative estimate of drug-likeness (QED) is 0.770. The lowest BCUT2D eigenvalue weighted by Crippen LogP contribution is -2.37. The zero-order chi connectivity index (χ0) is 15.5. The predicted molar refractivity (Wildman–Crippen MR) is 80.4 cm³/mol. The van der Waals surface area contributed by atoms with Gasteiger partial charge in [0, 0.05) is 11.8 Å². The van der Waals surface area contributed by atoms with Gasteiger partial charge < -0.3 is 9.47 Å². The van der Waals surface area contributed by atoms with E-state index in [-0.39, 0.29) is 12.2 Å². The monoisotopic (exact) mass is 308 g/mol. The van der Waals surface area contributed by atoms with Crippen LogP contribution in [0.2, 0.25) is 0 Å². The van der Waals surface area contributed by atoms with E-state index in [4.69, 9.17) is 9.47 Å². The van der Waals surface area contributed by atoms with E-state index in [9.17, 15) is 8.78 Å². The molecule has 1 aromatic carbocycles. The molecule has 0 atom stereocenters. The molecule has 120 valence electrons. The molecule has 1 saturated heterocycles. The molecule has 0 N–H and O–H groups in total. The van der Waals surface area contributed by atoms with Crippen LogP contribution < -0.4 is 0 Å². The van der Waals surface area contributed by atoms with E-state index >= 15 is 0 Å². The highest BCUT2D eigenvalue weighted by Crippen LogP contribution is 2.39. The summed E-state index contributed by atoms with van der Waals surface area (Å²) in [4.78, 5) is 0. The minimum Gasteiger partial charge on any atom is -0.352 e. The molecule has 3 rings (SSSR count). The van der Waals surface area contributed by atoms with Crippen molar-refractivity contribution >= 4 is 0 Å². The highest BCUT2D eigenvalue weighted by molar-refractivity contribution is 5.22. The molecule has 22 heavy (non-hydrogen) atoms. The van der Waals surface area contributed by atoms with Crippen molar-refractivity contribution in [3.63, 3.8) is 0 Å². The SMILES string of the molecule is C=C[C@H]1CO[C@H]([C@H]2CC[C@H](c3ccc(F)c(F)c3)CC2)OC1. The second-order valence-corrected chi connectivity index (χ2v) is 6.32. The van der Waals surface area contributed by atoms with Gasteiger partial charge in [-0.2, -0.15) is 0 Å². The van der Waals surface area contributed by atoms with Crippen LogP contribution in [0.3, 0.4) is 0 Å². The Balaban J connectivity index is 1.54. The summed E-state index contributed by atoms with van der Waals surface area (Å²) in [5, 5.41) is 0. The average molecular weight is 308 g/mol. The number of benzene rings is 1. The van der Waals surface area contributed by atoms with Gasteiger partial charge >= 0.3 is 0 Å². The molecule has 0 unspecified atom stereocenters. The van der Waals surface area contributed by atoms with Crippen molar-refractivity contribution in [3.05, 3.63) is 48.1 Å². The zero-order valence-electron chi connectivity index (χ0n) is 12.6. The normalized spacial score (nSPS) is 32.6. The third kappa shape index (κ3) is 3.39. The van der Waals surface area contributed by atoms with E-state index in [1.807, 2.05) is 6.08 Å². The van der Waals surface area contributed by atoms with Crippen LogP contribution in [0.4, 0.5) is 8.78 Å². The molecule has 0 bridgehead atoms. The fourth-order valence-corrected chi connectivity index (χ4v) is 3.43. The Morgan fingerprint density at radius 2 is 1.68 bits per heavy atom. The molecule has 0 spiro atoms. The van der Waals surface area contributed by atoms with E-state index < -0.39 is 11.6 Å². The fourth-order valence-electron chi connectivity index (χ4n) is 3.43. The molecular formula is C18H22F2O2. The van der Waals surface area contributed by atoms with Gasteiger partial charge in [0.15, 0.2) is 17.9 Å². The highest BCUT2D eigenvalue weighted by atomic mass is 19.2. The summed E-state index contributed by atoms with van der Waals surface area (Å²) >= 11 is 0. The summed E-state index contributed by atoms with van der Waals surface area (Å²) in [7, 11) is 0. The van der Waals surface area contributed by atoms with Crippen molar-refractivity contribution in [2.45, 2.75) is 37.9 Å². The first kappa shape index (κ1) is 15.6. The third-order valence-corrected chi connectivity index (χ3v) is 4.85. The number of ether oxygens (including phenoxy) is 2. The smallest absolute Gasteiger partial charge is 0.160 e. The van der Waals surface area contributed by atoms with E-state index in [1.54, 1.807) is 6.07 Å². The first-order valence-electron chi connectivity index (χ1n) is 7.98. The van der Waals surface area contributed by atoms with Gasteiger partial charge in [-0.05, 0) is 49.3 Å². The summed E-state index contributed by atoms with van der Waals surface area (Å²) in [5.74, 6) is -0.551. The Morgan fingerprint density at radius 1 is 1.00 bits per heavy atom. The van der Waals surface area contributed by atoms with Crippen molar-refractivity contribution in [2.24, 2.45) is 11.8 Å². The minimum atomic E-state index is -0.779. The van der Waals surface area contributed by atoms with Gasteiger partial charge in [0.05, 0.1) is 13.2 Å². The lowest BCUT2D eigenvalue weighted by atomic mass is 9.78. The van der Waals surface area contributed by atoms with Crippen molar-refractivity contribution in [1.82, 2.24) is 0 Å². The Morgan fingerprint density at radius 3 is 2.27 bits per heavy atom. The van der Waals surface area contributed by atoms with Crippen LogP contribution in [0.15, 0.2) is 30.9 Å². The summed E-state index contributed by atoms with van der Waals surface area (Å²) < 4.78 is 38.0. The zero-order valence-corrected chi connectivity index (χ0v) is 12.6. The van der Waals surface area contributed by atoms with Crippen LogP contribution in [0, 0.1) is 23.5 Å². The molecule has 2 aliphatic rings. The van der Waals surface area contributed by atoms with Gasteiger partial charge in [-0.25, -0.2) is 8.78 Å². The molecule has 1 aliphatic heterocycles. The first-order chi connectivity index (χ1) is 10.7. The van der Waals surface area contributed by atoms with Crippen LogP contribution >= 0.6 is 0 Å². The van der Waals surface area contributed by atoms with Crippen LogP contribution in [-0.2, 0) is 9.47 Å². The Labute approximate surface area is 130 Å². The van der Waals surface area contributed by atoms with Crippen molar-refractivity contribution in [3.8, 4) is 0 Å². The lowest BCUT2D eigenvalue weighted by Gasteiger charge is -2.37. The predicted octanol–water partition coefficient (Wildman–Crippen LogP) is 4.41. The van der Waals surface area contributed by atoms with Crippen LogP contribution in [0.1, 0.15) is 37.2 Å². The number of halogens is 2. The van der Waals surface area contributed by atoms with E-state index in [1.165, 1.54) is 12.1 Å². The summed E-state index contributed by atoms with van der Waals surface area (Å²) in [5.41, 5.74) is 0.898. The van der Waals surface area contributed by atoms with Crippen molar-refractivity contribution in [1.29, 1.82) is 0 Å². The molecule has 1 heterocycles. The van der Waals surface area contributed by atoms with Gasteiger partial charge in [-0.15, -0.1) is 6.58 Å². The van der Waals surface area contributed by atoms with Crippen LogP contribution in [0.25, 0.3) is 0 Å². The summed E-state index contributed by atoms with van der Waals surface area (Å²) in [6, 6.07) is 4.26. The van der Waals surface area contributed by atoms with E-state index in [0.717, 1.165) is 31.2 Å². The second-order valence-electron chi connectivity index (χ2n) is 6.32. The number of hydrogen-bond donors (Lipinski definition) is 0. The molecule has 0 radical (unpaired) electrons.